The summed E-state index contributed by atoms with van der Waals surface area (Å²) in [6, 6.07) is 8.76. The largest absolute Gasteiger partial charge is 0.388 e. The van der Waals surface area contributed by atoms with Gasteiger partial charge in [-0.25, -0.2) is 0 Å². The minimum Gasteiger partial charge on any atom is -0.388 e. The van der Waals surface area contributed by atoms with Gasteiger partial charge < -0.3 is 10.6 Å². The number of anilines is 1. The zero-order valence-corrected chi connectivity index (χ0v) is 11.9. The maximum absolute atomic E-state index is 3.41. The van der Waals surface area contributed by atoms with Crippen molar-refractivity contribution in [2.75, 3.05) is 25.5 Å². The Bertz CT molecular complexity index is 312. The van der Waals surface area contributed by atoms with Crippen molar-refractivity contribution in [3.05, 3.63) is 29.8 Å². The minimum atomic E-state index is 0. The van der Waals surface area contributed by atoms with Gasteiger partial charge in [0.05, 0.1) is 0 Å². The molecule has 0 bridgehead atoms. The number of hydrogen-bond donors (Lipinski definition) is 2. The van der Waals surface area contributed by atoms with Gasteiger partial charge >= 0.3 is 0 Å². The molecule has 1 fully saturated rings. The maximum Gasteiger partial charge on any atom is 0.0340 e. The van der Waals surface area contributed by atoms with Gasteiger partial charge in [-0.2, -0.15) is 0 Å². The third-order valence-corrected chi connectivity index (χ3v) is 3.20. The van der Waals surface area contributed by atoms with Gasteiger partial charge in [0.2, 0.25) is 0 Å². The highest BCUT2D eigenvalue weighted by Crippen LogP contribution is 2.19. The van der Waals surface area contributed by atoms with Gasteiger partial charge in [0, 0.05) is 12.7 Å². The average Bonchev–Trinajstić information content (AvgIpc) is 2.31. The summed E-state index contributed by atoms with van der Waals surface area (Å²) in [7, 11) is 1.98. The molecule has 0 amide bonds. The molecule has 0 aliphatic carbocycles. The molecule has 1 aromatic carbocycles. The van der Waals surface area contributed by atoms with Gasteiger partial charge in [0.25, 0.3) is 0 Å². The summed E-state index contributed by atoms with van der Waals surface area (Å²) in [5.41, 5.74) is 2.69. The normalized spacial score (nSPS) is 15.6. The van der Waals surface area contributed by atoms with Crippen LogP contribution in [0, 0.1) is 5.92 Å². The van der Waals surface area contributed by atoms with Crippen LogP contribution in [0.15, 0.2) is 24.3 Å². The quantitative estimate of drug-likeness (QED) is 0.887. The van der Waals surface area contributed by atoms with Crippen LogP contribution in [0.5, 0.6) is 0 Å². The summed E-state index contributed by atoms with van der Waals surface area (Å²) >= 11 is 0. The van der Waals surface area contributed by atoms with Crippen LogP contribution in [0.1, 0.15) is 18.4 Å². The Morgan fingerprint density at radius 1 is 1.24 bits per heavy atom. The standard InChI is InChI=1S/C13H20N2.2ClH/c1-14-13-4-2-3-12(10-13)9-11-5-7-15-8-6-11;;/h2-4,10-11,14-15H,5-9H2,1H3;2*1H. The third kappa shape index (κ3) is 5.15. The van der Waals surface area contributed by atoms with E-state index < -0.39 is 0 Å². The van der Waals surface area contributed by atoms with Crippen LogP contribution < -0.4 is 10.6 Å². The van der Waals surface area contributed by atoms with Crippen LogP contribution in [0.25, 0.3) is 0 Å². The van der Waals surface area contributed by atoms with E-state index >= 15 is 0 Å². The number of benzene rings is 1. The lowest BCUT2D eigenvalue weighted by atomic mass is 9.91. The maximum atomic E-state index is 3.41. The first-order chi connectivity index (χ1) is 7.38. The third-order valence-electron chi connectivity index (χ3n) is 3.20. The highest BCUT2D eigenvalue weighted by Gasteiger charge is 2.13. The molecule has 2 N–H and O–H groups in total. The van der Waals surface area contributed by atoms with E-state index in [1.165, 1.54) is 43.6 Å². The number of piperidine rings is 1. The van der Waals surface area contributed by atoms with Gasteiger partial charge in [0.1, 0.15) is 0 Å². The van der Waals surface area contributed by atoms with Crippen molar-refractivity contribution in [1.29, 1.82) is 0 Å². The molecule has 17 heavy (non-hydrogen) atoms. The summed E-state index contributed by atoms with van der Waals surface area (Å²) in [4.78, 5) is 0. The van der Waals surface area contributed by atoms with E-state index in [2.05, 4.69) is 34.9 Å². The molecule has 0 saturated carbocycles. The Labute approximate surface area is 116 Å². The van der Waals surface area contributed by atoms with Crippen LogP contribution in [-0.4, -0.2) is 20.1 Å². The van der Waals surface area contributed by atoms with Gasteiger partial charge in [-0.05, 0) is 56.0 Å². The van der Waals surface area contributed by atoms with E-state index in [1.807, 2.05) is 7.05 Å². The average molecular weight is 277 g/mol. The lowest BCUT2D eigenvalue weighted by Gasteiger charge is -2.22. The smallest absolute Gasteiger partial charge is 0.0340 e. The van der Waals surface area contributed by atoms with E-state index in [4.69, 9.17) is 0 Å². The van der Waals surface area contributed by atoms with Crippen molar-refractivity contribution in [3.63, 3.8) is 0 Å². The first-order valence-electron chi connectivity index (χ1n) is 5.86. The summed E-state index contributed by atoms with van der Waals surface area (Å²) < 4.78 is 0. The molecule has 0 radical (unpaired) electrons. The van der Waals surface area contributed by atoms with E-state index in [-0.39, 0.29) is 24.8 Å². The fourth-order valence-corrected chi connectivity index (χ4v) is 2.27. The zero-order chi connectivity index (χ0) is 10.5. The first kappa shape index (κ1) is 16.6. The Morgan fingerprint density at radius 3 is 2.59 bits per heavy atom. The second-order valence-corrected chi connectivity index (χ2v) is 4.35. The van der Waals surface area contributed by atoms with Crippen molar-refractivity contribution < 1.29 is 0 Å². The van der Waals surface area contributed by atoms with Gasteiger partial charge in [-0.15, -0.1) is 24.8 Å². The van der Waals surface area contributed by atoms with Crippen molar-refractivity contribution in [1.82, 2.24) is 5.32 Å². The van der Waals surface area contributed by atoms with E-state index in [0.29, 0.717) is 0 Å². The monoisotopic (exact) mass is 276 g/mol. The first-order valence-corrected chi connectivity index (χ1v) is 5.86. The van der Waals surface area contributed by atoms with E-state index in [1.54, 1.807) is 0 Å². The van der Waals surface area contributed by atoms with Crippen LogP contribution in [0.4, 0.5) is 5.69 Å². The van der Waals surface area contributed by atoms with E-state index in [0.717, 1.165) is 5.92 Å². The topological polar surface area (TPSA) is 24.1 Å². The SMILES string of the molecule is CNc1cccc(CC2CCNCC2)c1.Cl.Cl. The summed E-state index contributed by atoms with van der Waals surface area (Å²) in [5, 5.41) is 6.60. The van der Waals surface area contributed by atoms with Crippen LogP contribution >= 0.6 is 24.8 Å². The van der Waals surface area contributed by atoms with Crippen LogP contribution in [-0.2, 0) is 6.42 Å². The number of hydrogen-bond acceptors (Lipinski definition) is 2. The highest BCUT2D eigenvalue weighted by molar-refractivity contribution is 5.85. The second-order valence-electron chi connectivity index (χ2n) is 4.35. The zero-order valence-electron chi connectivity index (χ0n) is 10.2. The molecular weight excluding hydrogens is 255 g/mol. The predicted octanol–water partition coefficient (Wildman–Crippen LogP) is 3.11. The lowest BCUT2D eigenvalue weighted by Crippen LogP contribution is -2.28. The Kier molecular flexibility index (Phi) is 8.40. The molecule has 0 aromatic heterocycles. The number of rotatable bonds is 3. The number of nitrogens with one attached hydrogen (secondary N) is 2. The number of halogens is 2. The highest BCUT2D eigenvalue weighted by atomic mass is 35.5. The van der Waals surface area contributed by atoms with Crippen molar-refractivity contribution in [2.24, 2.45) is 5.92 Å². The van der Waals surface area contributed by atoms with Crippen LogP contribution in [0.2, 0.25) is 0 Å². The van der Waals surface area contributed by atoms with Crippen molar-refractivity contribution >= 4 is 30.5 Å². The van der Waals surface area contributed by atoms with E-state index in [9.17, 15) is 0 Å². The molecule has 1 aliphatic rings. The molecule has 0 spiro atoms. The second kappa shape index (κ2) is 8.62. The Hall–Kier alpha value is -0.440. The lowest BCUT2D eigenvalue weighted by molar-refractivity contribution is 0.373. The predicted molar refractivity (Wildman–Crippen MR) is 79.8 cm³/mol. The van der Waals surface area contributed by atoms with Gasteiger partial charge in [0.15, 0.2) is 0 Å². The molecule has 0 atom stereocenters. The fourth-order valence-electron chi connectivity index (χ4n) is 2.27. The summed E-state index contributed by atoms with van der Waals surface area (Å²) in [6.45, 7) is 2.38. The van der Waals surface area contributed by atoms with Crippen molar-refractivity contribution in [3.8, 4) is 0 Å². The molecule has 98 valence electrons. The fraction of sp³-hybridized carbons (Fsp3) is 0.538. The van der Waals surface area contributed by atoms with Gasteiger partial charge in [-0.1, -0.05) is 12.1 Å². The molecular formula is C13H22Cl2N2. The molecule has 2 rings (SSSR count). The van der Waals surface area contributed by atoms with Gasteiger partial charge in [-0.3, -0.25) is 0 Å². The Morgan fingerprint density at radius 2 is 1.94 bits per heavy atom. The molecule has 4 heteroatoms. The molecule has 1 aliphatic heterocycles. The van der Waals surface area contributed by atoms with Crippen molar-refractivity contribution in [2.45, 2.75) is 19.3 Å². The molecule has 0 unspecified atom stereocenters. The molecule has 1 aromatic rings. The molecule has 1 heterocycles. The van der Waals surface area contributed by atoms with Crippen LogP contribution in [0.3, 0.4) is 0 Å². The summed E-state index contributed by atoms with van der Waals surface area (Å²) in [6.07, 6.45) is 3.88. The molecule has 2 nitrogen and oxygen atoms in total. The summed E-state index contributed by atoms with van der Waals surface area (Å²) in [5.74, 6) is 0.873. The Balaban J connectivity index is 0.00000128. The molecule has 1 saturated heterocycles. The minimum absolute atomic E-state index is 0.